The molecule has 0 spiro atoms. The van der Waals surface area contributed by atoms with Crippen molar-refractivity contribution in [3.8, 4) is 0 Å². The van der Waals surface area contributed by atoms with E-state index in [1.165, 1.54) is 6.20 Å². The van der Waals surface area contributed by atoms with Gasteiger partial charge >= 0.3 is 5.97 Å². The Balaban J connectivity index is 2.56. The minimum atomic E-state index is -1.98. The fourth-order valence-corrected chi connectivity index (χ4v) is 2.02. The quantitative estimate of drug-likeness (QED) is 0.489. The van der Waals surface area contributed by atoms with Crippen LogP contribution < -0.4 is 0 Å². The van der Waals surface area contributed by atoms with E-state index < -0.39 is 18.2 Å². The first-order chi connectivity index (χ1) is 8.41. The van der Waals surface area contributed by atoms with Crippen molar-refractivity contribution in [2.45, 2.75) is 12.2 Å². The van der Waals surface area contributed by atoms with E-state index in [0.717, 1.165) is 0 Å². The Hall–Kier alpha value is -1.41. The number of carboxylic acid groups (broad SMARTS) is 1. The number of hydrogen-bond acceptors (Lipinski definition) is 5. The second kappa shape index (κ2) is 4.69. The molecule has 0 radical (unpaired) electrons. The van der Waals surface area contributed by atoms with Gasteiger partial charge in [-0.25, -0.2) is 9.78 Å². The maximum absolute atomic E-state index is 10.6. The maximum Gasteiger partial charge on any atom is 0.335 e. The van der Waals surface area contributed by atoms with Crippen LogP contribution in [0.4, 0.5) is 0 Å². The first kappa shape index (κ1) is 13.0. The number of H-pyrrole nitrogens is 1. The van der Waals surface area contributed by atoms with Crippen molar-refractivity contribution in [2.24, 2.45) is 0 Å². The topological polar surface area (TPSA) is 119 Å². The molecule has 0 amide bonds. The Morgan fingerprint density at radius 3 is 2.61 bits per heavy atom. The monoisotopic (exact) mass is 291 g/mol. The van der Waals surface area contributed by atoms with E-state index in [0.29, 0.717) is 0 Å². The highest BCUT2D eigenvalue weighted by atomic mass is 35.5. The van der Waals surface area contributed by atoms with Crippen LogP contribution in [0.25, 0.3) is 11.0 Å². The van der Waals surface area contributed by atoms with Crippen molar-refractivity contribution in [1.29, 1.82) is 0 Å². The fraction of sp³-hybridized carbons (Fsp3) is 0.222. The summed E-state index contributed by atoms with van der Waals surface area (Å²) in [6.45, 7) is 0. The smallest absolute Gasteiger partial charge is 0.335 e. The lowest BCUT2D eigenvalue weighted by molar-refractivity contribution is -0.153. The molecule has 0 saturated heterocycles. The van der Waals surface area contributed by atoms with E-state index >= 15 is 0 Å². The molecule has 0 aliphatic heterocycles. The van der Waals surface area contributed by atoms with Crippen LogP contribution in [0.3, 0.4) is 0 Å². The number of carbonyl (C=O) groups is 1. The summed E-state index contributed by atoms with van der Waals surface area (Å²) in [7, 11) is 0. The lowest BCUT2D eigenvalue weighted by Crippen LogP contribution is -2.27. The molecule has 4 N–H and O–H groups in total. The second-order valence-electron chi connectivity index (χ2n) is 3.48. The molecule has 2 rings (SSSR count). The zero-order valence-electron chi connectivity index (χ0n) is 8.63. The van der Waals surface area contributed by atoms with Gasteiger partial charge in [-0.15, -0.1) is 0 Å². The Morgan fingerprint density at radius 1 is 1.33 bits per heavy atom. The summed E-state index contributed by atoms with van der Waals surface area (Å²) in [5, 5.41) is 27.8. The molecule has 0 saturated carbocycles. The molecule has 0 fully saturated rings. The maximum atomic E-state index is 10.6. The van der Waals surface area contributed by atoms with Crippen LogP contribution in [0.1, 0.15) is 11.7 Å². The Bertz CT molecular complexity index is 615. The fourth-order valence-electron chi connectivity index (χ4n) is 1.52. The van der Waals surface area contributed by atoms with Crippen molar-refractivity contribution in [3.05, 3.63) is 22.2 Å². The number of aliphatic carboxylic acids is 1. The third-order valence-corrected chi connectivity index (χ3v) is 2.80. The molecular formula is C9H7Cl2N3O4. The number of halogens is 2. The number of aliphatic hydroxyl groups excluding tert-OH is 2. The first-order valence-electron chi connectivity index (χ1n) is 4.70. The predicted octanol–water partition coefficient (Wildman–Crippen LogP) is 0.744. The minimum Gasteiger partial charge on any atom is -0.479 e. The van der Waals surface area contributed by atoms with Crippen LogP contribution in [0.5, 0.6) is 0 Å². The molecule has 0 aromatic carbocycles. The van der Waals surface area contributed by atoms with Crippen LogP contribution in [-0.4, -0.2) is 42.3 Å². The van der Waals surface area contributed by atoms with Gasteiger partial charge in [0.15, 0.2) is 6.10 Å². The lowest BCUT2D eigenvalue weighted by Gasteiger charge is -2.13. The van der Waals surface area contributed by atoms with E-state index in [4.69, 9.17) is 28.3 Å². The Kier molecular flexibility index (Phi) is 3.40. The number of carboxylic acids is 1. The highest BCUT2D eigenvalue weighted by Crippen LogP contribution is 2.30. The predicted molar refractivity (Wildman–Crippen MR) is 62.5 cm³/mol. The highest BCUT2D eigenvalue weighted by Gasteiger charge is 2.28. The van der Waals surface area contributed by atoms with Crippen LogP contribution in [0, 0.1) is 0 Å². The largest absolute Gasteiger partial charge is 0.479 e. The highest BCUT2D eigenvalue weighted by molar-refractivity contribution is 6.35. The number of rotatable bonds is 3. The van der Waals surface area contributed by atoms with Gasteiger partial charge in [-0.05, 0) is 11.6 Å². The van der Waals surface area contributed by atoms with Gasteiger partial charge in [-0.2, -0.15) is 4.98 Å². The summed E-state index contributed by atoms with van der Waals surface area (Å²) in [4.78, 5) is 20.8. The van der Waals surface area contributed by atoms with Gasteiger partial charge in [0, 0.05) is 11.8 Å². The molecule has 2 atom stereocenters. The number of fused-ring (bicyclic) bond motifs is 1. The number of nitrogens with one attached hydrogen (secondary N) is 1. The van der Waals surface area contributed by atoms with E-state index in [-0.39, 0.29) is 27.0 Å². The van der Waals surface area contributed by atoms with Crippen molar-refractivity contribution < 1.29 is 20.1 Å². The number of hydrogen-bond donors (Lipinski definition) is 4. The van der Waals surface area contributed by atoms with E-state index in [1.54, 1.807) is 0 Å². The molecular weight excluding hydrogens is 285 g/mol. The number of nitrogens with zero attached hydrogens (tertiary/aromatic N) is 2. The molecule has 2 heterocycles. The second-order valence-corrected chi connectivity index (χ2v) is 4.18. The van der Waals surface area contributed by atoms with Gasteiger partial charge in [0.05, 0.1) is 5.39 Å². The van der Waals surface area contributed by atoms with Crippen molar-refractivity contribution in [2.75, 3.05) is 0 Å². The average molecular weight is 292 g/mol. The lowest BCUT2D eigenvalue weighted by atomic mass is 10.1. The summed E-state index contributed by atoms with van der Waals surface area (Å²) in [5.74, 6) is -1.55. The molecule has 9 heteroatoms. The van der Waals surface area contributed by atoms with E-state index in [9.17, 15) is 15.0 Å². The van der Waals surface area contributed by atoms with Crippen molar-refractivity contribution in [1.82, 2.24) is 15.0 Å². The van der Waals surface area contributed by atoms with Crippen LogP contribution >= 0.6 is 23.2 Å². The SMILES string of the molecule is O=C(O)C(O)C(O)c1c[nH]c2nc(Cl)nc(Cl)c12. The van der Waals surface area contributed by atoms with Crippen LogP contribution in [-0.2, 0) is 4.79 Å². The van der Waals surface area contributed by atoms with Gasteiger partial charge in [-0.1, -0.05) is 11.6 Å². The molecule has 96 valence electrons. The third kappa shape index (κ3) is 2.13. The molecule has 2 unspecified atom stereocenters. The number of aliphatic hydroxyl groups is 2. The molecule has 0 aliphatic rings. The summed E-state index contributed by atoms with van der Waals surface area (Å²) < 4.78 is 0. The normalized spacial score (nSPS) is 14.7. The minimum absolute atomic E-state index is 0.0436. The molecule has 2 aromatic rings. The van der Waals surface area contributed by atoms with Crippen molar-refractivity contribution >= 4 is 40.2 Å². The van der Waals surface area contributed by atoms with Gasteiger partial charge in [0.25, 0.3) is 0 Å². The summed E-state index contributed by atoms with van der Waals surface area (Å²) in [5.41, 5.74) is 0.327. The molecule has 18 heavy (non-hydrogen) atoms. The summed E-state index contributed by atoms with van der Waals surface area (Å²) >= 11 is 11.4. The Morgan fingerprint density at radius 2 is 2.00 bits per heavy atom. The zero-order valence-corrected chi connectivity index (χ0v) is 10.1. The van der Waals surface area contributed by atoms with Gasteiger partial charge in [-0.3, -0.25) is 0 Å². The van der Waals surface area contributed by atoms with E-state index in [1.807, 2.05) is 0 Å². The van der Waals surface area contributed by atoms with Crippen LogP contribution in [0.2, 0.25) is 10.4 Å². The molecule has 0 bridgehead atoms. The zero-order chi connectivity index (χ0) is 13.4. The van der Waals surface area contributed by atoms with Crippen LogP contribution in [0.15, 0.2) is 6.20 Å². The van der Waals surface area contributed by atoms with Crippen molar-refractivity contribution in [3.63, 3.8) is 0 Å². The van der Waals surface area contributed by atoms with E-state index in [2.05, 4.69) is 15.0 Å². The molecule has 2 aromatic heterocycles. The van der Waals surface area contributed by atoms with Gasteiger partial charge in [0.1, 0.15) is 16.9 Å². The average Bonchev–Trinajstić information content (AvgIpc) is 2.70. The molecule has 0 aliphatic carbocycles. The first-order valence-corrected chi connectivity index (χ1v) is 5.46. The number of aromatic nitrogens is 3. The Labute approximate surface area is 110 Å². The third-order valence-electron chi connectivity index (χ3n) is 2.36. The van der Waals surface area contributed by atoms with Gasteiger partial charge < -0.3 is 20.3 Å². The molecule has 7 nitrogen and oxygen atoms in total. The number of aromatic amines is 1. The summed E-state index contributed by atoms with van der Waals surface area (Å²) in [6.07, 6.45) is -2.34. The summed E-state index contributed by atoms with van der Waals surface area (Å²) in [6, 6.07) is 0. The standard InChI is InChI=1S/C9H7Cl2N3O4/c10-6-3-2(4(15)5(16)8(17)18)1-12-7(3)14-9(11)13-6/h1,4-5,15-16H,(H,17,18)(H,12,13,14). The van der Waals surface area contributed by atoms with Gasteiger partial charge in [0.2, 0.25) is 5.28 Å².